The number of aromatic nitrogens is 1. The summed E-state index contributed by atoms with van der Waals surface area (Å²) in [6, 6.07) is 13.9. The minimum absolute atomic E-state index is 0.149. The van der Waals surface area contributed by atoms with Crippen LogP contribution >= 0.6 is 11.6 Å². The Balaban J connectivity index is 1.15. The predicted octanol–water partition coefficient (Wildman–Crippen LogP) is 8.75. The number of rotatable bonds is 8. The van der Waals surface area contributed by atoms with Gasteiger partial charge in [-0.1, -0.05) is 31.5 Å². The third kappa shape index (κ3) is 6.28. The molecule has 3 aliphatic carbocycles. The summed E-state index contributed by atoms with van der Waals surface area (Å²) in [7, 11) is 0. The van der Waals surface area contributed by atoms with Gasteiger partial charge < -0.3 is 24.6 Å². The first-order valence-electron chi connectivity index (χ1n) is 17.6. The molecule has 2 N–H and O–H groups in total. The van der Waals surface area contributed by atoms with Gasteiger partial charge in [-0.05, 0) is 141 Å². The number of halogens is 1. The second kappa shape index (κ2) is 13.2. The summed E-state index contributed by atoms with van der Waals surface area (Å²) in [5, 5.41) is 14.6. The van der Waals surface area contributed by atoms with E-state index in [1.54, 1.807) is 0 Å². The molecule has 2 heterocycles. The van der Waals surface area contributed by atoms with Crippen LogP contribution in [0.3, 0.4) is 0 Å². The van der Waals surface area contributed by atoms with Crippen molar-refractivity contribution in [2.75, 3.05) is 25.1 Å². The molecule has 7 nitrogen and oxygen atoms in total. The first-order valence-corrected chi connectivity index (χ1v) is 17.9. The molecule has 0 unspecified atom stereocenters. The highest BCUT2D eigenvalue weighted by Gasteiger charge is 2.54. The zero-order valence-corrected chi connectivity index (χ0v) is 28.4. The number of anilines is 1. The van der Waals surface area contributed by atoms with Gasteiger partial charge in [0.15, 0.2) is 11.5 Å². The fourth-order valence-corrected chi connectivity index (χ4v) is 9.10. The number of fused-ring (bicyclic) bond motifs is 4. The Labute approximate surface area is 283 Å². The van der Waals surface area contributed by atoms with Crippen LogP contribution in [0.4, 0.5) is 5.69 Å². The molecule has 0 amide bonds. The molecule has 0 saturated heterocycles. The van der Waals surface area contributed by atoms with Crippen molar-refractivity contribution in [3.63, 3.8) is 0 Å². The number of carboxylic acid groups (broad SMARTS) is 1. The van der Waals surface area contributed by atoms with Crippen molar-refractivity contribution < 1.29 is 24.1 Å². The first kappa shape index (κ1) is 32.1. The van der Waals surface area contributed by atoms with Gasteiger partial charge in [0, 0.05) is 28.2 Å². The number of pyridine rings is 1. The number of benzene rings is 2. The van der Waals surface area contributed by atoms with Gasteiger partial charge in [-0.25, -0.2) is 4.79 Å². The molecule has 8 heteroatoms. The van der Waals surface area contributed by atoms with Crippen LogP contribution in [-0.2, 0) is 23.1 Å². The molecular weight excluding hydrogens is 612 g/mol. The van der Waals surface area contributed by atoms with Crippen LogP contribution in [0.15, 0.2) is 48.7 Å². The van der Waals surface area contributed by atoms with Gasteiger partial charge in [-0.15, -0.1) is 0 Å². The zero-order valence-electron chi connectivity index (χ0n) is 27.7. The minimum atomic E-state index is -1.06. The molecule has 0 radical (unpaired) electrons. The molecule has 1 aromatic heterocycles. The van der Waals surface area contributed by atoms with Crippen LogP contribution in [0.5, 0.6) is 17.2 Å². The van der Waals surface area contributed by atoms with E-state index in [9.17, 15) is 9.90 Å². The molecule has 1 aliphatic heterocycles. The van der Waals surface area contributed by atoms with Crippen molar-refractivity contribution in [1.29, 1.82) is 0 Å². The maximum absolute atomic E-state index is 12.9. The van der Waals surface area contributed by atoms with Gasteiger partial charge in [-0.3, -0.25) is 4.98 Å². The molecule has 4 aliphatic rings. The summed E-state index contributed by atoms with van der Waals surface area (Å²) in [4.78, 5) is 17.6. The lowest BCUT2D eigenvalue weighted by Gasteiger charge is -2.47. The quantitative estimate of drug-likeness (QED) is 0.250. The van der Waals surface area contributed by atoms with Crippen LogP contribution in [0, 0.1) is 11.8 Å². The number of hydrogen-bond acceptors (Lipinski definition) is 6. The Kier molecular flexibility index (Phi) is 9.03. The average molecular weight is 659 g/mol. The van der Waals surface area contributed by atoms with Gasteiger partial charge in [-0.2, -0.15) is 0 Å². The maximum Gasteiger partial charge on any atom is 0.329 e. The SMILES string of the molecule is C[C@@H](COc1ccnc2c1[C@H](C)CCC2)C[C@H]1Cc2cc3c(cc2C12CCC(Nc1cccc(Cl)c1)(C(=O)O)CC2)OCCCCO3. The monoisotopic (exact) mass is 658 g/mol. The van der Waals surface area contributed by atoms with Crippen LogP contribution < -0.4 is 19.5 Å². The van der Waals surface area contributed by atoms with Crippen molar-refractivity contribution >= 4 is 23.3 Å². The highest BCUT2D eigenvalue weighted by Crippen LogP contribution is 2.58. The zero-order chi connectivity index (χ0) is 32.6. The van der Waals surface area contributed by atoms with E-state index in [2.05, 4.69) is 36.3 Å². The summed E-state index contributed by atoms with van der Waals surface area (Å²) in [6.07, 6.45) is 11.7. The molecule has 1 spiro atoms. The van der Waals surface area contributed by atoms with Crippen molar-refractivity contribution in [2.24, 2.45) is 11.8 Å². The van der Waals surface area contributed by atoms with E-state index in [-0.39, 0.29) is 5.41 Å². The number of ether oxygens (including phenoxy) is 3. The van der Waals surface area contributed by atoms with E-state index in [0.29, 0.717) is 55.4 Å². The number of carbonyl (C=O) groups is 1. The molecule has 2 aromatic carbocycles. The largest absolute Gasteiger partial charge is 0.493 e. The minimum Gasteiger partial charge on any atom is -0.493 e. The van der Waals surface area contributed by atoms with E-state index < -0.39 is 11.5 Å². The van der Waals surface area contributed by atoms with Gasteiger partial charge in [0.1, 0.15) is 11.3 Å². The summed E-state index contributed by atoms with van der Waals surface area (Å²) < 4.78 is 19.0. The molecule has 47 heavy (non-hydrogen) atoms. The van der Waals surface area contributed by atoms with Crippen LogP contribution in [0.1, 0.15) is 99.9 Å². The average Bonchev–Trinajstić information content (AvgIpc) is 3.32. The number of hydrogen-bond donors (Lipinski definition) is 2. The number of aliphatic carboxylic acids is 1. The Morgan fingerprint density at radius 1 is 1.09 bits per heavy atom. The van der Waals surface area contributed by atoms with Gasteiger partial charge in [0.25, 0.3) is 0 Å². The normalized spacial score (nSPS) is 27.2. The topological polar surface area (TPSA) is 89.9 Å². The third-order valence-corrected chi connectivity index (χ3v) is 11.6. The standard InChI is InChI=1S/C39H47ClN2O5/c1-25(24-47-33-11-16-41-32-10-5-7-26(2)36(32)33)19-28-20-27-21-34-35(46-18-4-3-17-45-34)23-31(27)38(28)12-14-39(15-13-38,37(43)44)42-30-9-6-8-29(40)22-30/h6,8-9,11,16,21-23,25-26,28,42H,3-5,7,10,12-15,17-20,24H2,1-2H3,(H,43,44)/t25-,26-,28+,38?,39?/m1/s1. The van der Waals surface area contributed by atoms with Crippen LogP contribution in [0.25, 0.3) is 0 Å². The van der Waals surface area contributed by atoms with E-state index in [1.807, 2.05) is 36.5 Å². The highest BCUT2D eigenvalue weighted by atomic mass is 35.5. The van der Waals surface area contributed by atoms with Crippen molar-refractivity contribution in [3.05, 3.63) is 76.1 Å². The van der Waals surface area contributed by atoms with Crippen molar-refractivity contribution in [3.8, 4) is 17.2 Å². The summed E-state index contributed by atoms with van der Waals surface area (Å²) in [5.74, 6) is 2.98. The number of carboxylic acids is 1. The third-order valence-electron chi connectivity index (χ3n) is 11.4. The lowest BCUT2D eigenvalue weighted by Crippen LogP contribution is -2.53. The number of aryl methyl sites for hydroxylation is 1. The summed E-state index contributed by atoms with van der Waals surface area (Å²) >= 11 is 6.27. The highest BCUT2D eigenvalue weighted by molar-refractivity contribution is 6.30. The number of nitrogens with zero attached hydrogens (tertiary/aromatic N) is 1. The van der Waals surface area contributed by atoms with Crippen LogP contribution in [-0.4, -0.2) is 41.4 Å². The Morgan fingerprint density at radius 2 is 1.85 bits per heavy atom. The molecule has 7 rings (SSSR count). The molecular formula is C39H47ClN2O5. The molecule has 1 saturated carbocycles. The van der Waals surface area contributed by atoms with Crippen LogP contribution in [0.2, 0.25) is 5.02 Å². The van der Waals surface area contributed by atoms with E-state index in [1.165, 1.54) is 35.2 Å². The smallest absolute Gasteiger partial charge is 0.329 e. The molecule has 0 bridgehead atoms. The fraction of sp³-hybridized carbons (Fsp3) is 0.538. The van der Waals surface area contributed by atoms with E-state index >= 15 is 0 Å². The lowest BCUT2D eigenvalue weighted by molar-refractivity contribution is -0.144. The fourth-order valence-electron chi connectivity index (χ4n) is 8.91. The lowest BCUT2D eigenvalue weighted by atomic mass is 9.59. The maximum atomic E-state index is 12.9. The van der Waals surface area contributed by atoms with Gasteiger partial charge >= 0.3 is 5.97 Å². The summed E-state index contributed by atoms with van der Waals surface area (Å²) in [6.45, 7) is 6.61. The molecule has 250 valence electrons. The predicted molar refractivity (Wildman–Crippen MR) is 184 cm³/mol. The molecule has 1 fully saturated rings. The summed E-state index contributed by atoms with van der Waals surface area (Å²) in [5.41, 5.74) is 4.64. The molecule has 3 aromatic rings. The van der Waals surface area contributed by atoms with E-state index in [4.69, 9.17) is 25.8 Å². The Morgan fingerprint density at radius 3 is 2.60 bits per heavy atom. The van der Waals surface area contributed by atoms with Crippen molar-refractivity contribution in [1.82, 2.24) is 4.98 Å². The second-order valence-electron chi connectivity index (χ2n) is 14.6. The Hall–Kier alpha value is -3.45. The second-order valence-corrected chi connectivity index (χ2v) is 15.0. The molecule has 3 atom stereocenters. The number of nitrogens with one attached hydrogen (secondary N) is 1. The van der Waals surface area contributed by atoms with E-state index in [0.717, 1.165) is 67.9 Å². The first-order chi connectivity index (χ1) is 22.8. The van der Waals surface area contributed by atoms with Crippen molar-refractivity contribution in [2.45, 2.75) is 101 Å². The Bertz CT molecular complexity index is 1620. The van der Waals surface area contributed by atoms with Gasteiger partial charge in [0.2, 0.25) is 0 Å². The van der Waals surface area contributed by atoms with Gasteiger partial charge in [0.05, 0.1) is 19.8 Å².